The van der Waals surface area contributed by atoms with E-state index in [1.165, 1.54) is 12.1 Å². The first-order chi connectivity index (χ1) is 13.5. The van der Waals surface area contributed by atoms with Gasteiger partial charge in [0.1, 0.15) is 5.82 Å². The highest BCUT2D eigenvalue weighted by atomic mass is 32.2. The molecule has 0 unspecified atom stereocenters. The van der Waals surface area contributed by atoms with Gasteiger partial charge in [-0.05, 0) is 31.9 Å². The van der Waals surface area contributed by atoms with Crippen LogP contribution in [0.3, 0.4) is 0 Å². The maximum absolute atomic E-state index is 14.1. The third kappa shape index (κ3) is 4.32. The summed E-state index contributed by atoms with van der Waals surface area (Å²) in [6.45, 7) is 3.67. The summed E-state index contributed by atoms with van der Waals surface area (Å²) in [5.74, 6) is -0.427. The molecule has 1 spiro atoms. The fraction of sp³-hybridized carbons (Fsp3) is 0.550. The Bertz CT molecular complexity index is 749. The second-order valence-corrected chi connectivity index (χ2v) is 8.37. The minimum atomic E-state index is -0.508. The largest absolute Gasteiger partial charge is 0.466 e. The van der Waals surface area contributed by atoms with Crippen molar-refractivity contribution >= 4 is 29.5 Å². The van der Waals surface area contributed by atoms with Crippen LogP contribution < -0.4 is 0 Å². The minimum absolute atomic E-state index is 0.0714. The normalized spacial score (nSPS) is 18.4. The van der Waals surface area contributed by atoms with E-state index in [0.29, 0.717) is 39.1 Å². The van der Waals surface area contributed by atoms with Crippen molar-refractivity contribution in [2.24, 2.45) is 0 Å². The maximum atomic E-state index is 14.1. The van der Waals surface area contributed by atoms with Crippen LogP contribution >= 0.6 is 11.8 Å². The van der Waals surface area contributed by atoms with Gasteiger partial charge in [0, 0.05) is 31.8 Å². The Labute approximate surface area is 168 Å². The quantitative estimate of drug-likeness (QED) is 0.701. The van der Waals surface area contributed by atoms with Crippen molar-refractivity contribution in [1.82, 2.24) is 9.80 Å². The molecule has 1 aromatic carbocycles. The van der Waals surface area contributed by atoms with Crippen molar-refractivity contribution in [1.29, 1.82) is 0 Å². The monoisotopic (exact) mass is 408 g/mol. The molecular formula is C20H25FN2O4S. The van der Waals surface area contributed by atoms with Crippen LogP contribution in [0.25, 0.3) is 0 Å². The van der Waals surface area contributed by atoms with Gasteiger partial charge in [-0.15, -0.1) is 11.8 Å². The summed E-state index contributed by atoms with van der Waals surface area (Å²) < 4.78 is 18.9. The molecule has 0 bridgehead atoms. The summed E-state index contributed by atoms with van der Waals surface area (Å²) in [5, 5.41) is 0. The first-order valence-corrected chi connectivity index (χ1v) is 10.6. The van der Waals surface area contributed by atoms with Gasteiger partial charge in [-0.2, -0.15) is 0 Å². The van der Waals surface area contributed by atoms with Crippen LogP contribution in [0.15, 0.2) is 24.3 Å². The molecule has 0 aromatic heterocycles. The lowest BCUT2D eigenvalue weighted by Gasteiger charge is -2.44. The summed E-state index contributed by atoms with van der Waals surface area (Å²) in [5.41, 5.74) is 0.0947. The molecule has 3 rings (SSSR count). The molecule has 2 fully saturated rings. The number of piperidine rings is 1. The number of likely N-dealkylation sites (tertiary alicyclic amines) is 1. The smallest absolute Gasteiger partial charge is 0.306 e. The molecule has 2 aliphatic heterocycles. The Morgan fingerprint density at radius 3 is 2.54 bits per heavy atom. The molecule has 6 nitrogen and oxygen atoms in total. The summed E-state index contributed by atoms with van der Waals surface area (Å²) in [6.07, 6.45) is 1.50. The van der Waals surface area contributed by atoms with Crippen molar-refractivity contribution in [3.8, 4) is 0 Å². The zero-order valence-electron chi connectivity index (χ0n) is 16.0. The number of halogens is 1. The van der Waals surface area contributed by atoms with Crippen LogP contribution in [0.5, 0.6) is 0 Å². The van der Waals surface area contributed by atoms with Crippen LogP contribution in [0, 0.1) is 5.82 Å². The second-order valence-electron chi connectivity index (χ2n) is 6.92. The standard InChI is InChI=1S/C20H25FN2O4S/c1-2-27-18(25)8-7-17(24)22-11-9-20(10-12-22)23(13-14-28-20)19(26)15-5-3-4-6-16(15)21/h3-6H,2,7-14H2,1H3. The Morgan fingerprint density at radius 2 is 1.86 bits per heavy atom. The zero-order valence-corrected chi connectivity index (χ0v) is 16.8. The van der Waals surface area contributed by atoms with E-state index in [1.807, 2.05) is 0 Å². The molecule has 2 amide bonds. The Balaban J connectivity index is 1.60. The SMILES string of the molecule is CCOC(=O)CCC(=O)N1CCC2(CC1)SCCN2C(=O)c1ccccc1F. The van der Waals surface area contributed by atoms with Gasteiger partial charge in [0.25, 0.3) is 5.91 Å². The van der Waals surface area contributed by atoms with Crippen LogP contribution in [-0.2, 0) is 14.3 Å². The van der Waals surface area contributed by atoms with E-state index in [4.69, 9.17) is 4.74 Å². The van der Waals surface area contributed by atoms with Gasteiger partial charge in [0.2, 0.25) is 5.91 Å². The van der Waals surface area contributed by atoms with Gasteiger partial charge in [-0.3, -0.25) is 14.4 Å². The number of thioether (sulfide) groups is 1. The number of benzene rings is 1. The van der Waals surface area contributed by atoms with E-state index in [0.717, 1.165) is 5.75 Å². The molecule has 0 aliphatic carbocycles. The van der Waals surface area contributed by atoms with E-state index in [-0.39, 0.29) is 36.2 Å². The van der Waals surface area contributed by atoms with Gasteiger partial charge >= 0.3 is 5.97 Å². The average Bonchev–Trinajstić information content (AvgIpc) is 3.10. The number of carbonyl (C=O) groups is 3. The molecule has 1 aromatic rings. The number of hydrogen-bond donors (Lipinski definition) is 0. The molecule has 28 heavy (non-hydrogen) atoms. The van der Waals surface area contributed by atoms with Crippen LogP contribution in [0.2, 0.25) is 0 Å². The molecule has 2 heterocycles. The molecule has 152 valence electrons. The van der Waals surface area contributed by atoms with Crippen molar-refractivity contribution in [2.45, 2.75) is 37.5 Å². The molecule has 0 saturated carbocycles. The first kappa shape index (κ1) is 20.6. The lowest BCUT2D eigenvalue weighted by Crippen LogP contribution is -2.53. The molecule has 0 atom stereocenters. The third-order valence-corrected chi connectivity index (χ3v) is 6.83. The van der Waals surface area contributed by atoms with Crippen molar-refractivity contribution in [2.75, 3.05) is 32.0 Å². The van der Waals surface area contributed by atoms with Gasteiger partial charge in [0.05, 0.1) is 23.5 Å². The van der Waals surface area contributed by atoms with Gasteiger partial charge in [0.15, 0.2) is 0 Å². The average molecular weight is 408 g/mol. The van der Waals surface area contributed by atoms with Crippen molar-refractivity contribution < 1.29 is 23.5 Å². The third-order valence-electron chi connectivity index (χ3n) is 5.27. The maximum Gasteiger partial charge on any atom is 0.306 e. The summed E-state index contributed by atoms with van der Waals surface area (Å²) in [6, 6.07) is 6.05. The summed E-state index contributed by atoms with van der Waals surface area (Å²) in [7, 11) is 0. The highest BCUT2D eigenvalue weighted by Crippen LogP contribution is 2.44. The first-order valence-electron chi connectivity index (χ1n) is 9.61. The topological polar surface area (TPSA) is 66.9 Å². The Hall–Kier alpha value is -2.09. The molecule has 8 heteroatoms. The van der Waals surface area contributed by atoms with Crippen LogP contribution in [0.1, 0.15) is 43.0 Å². The van der Waals surface area contributed by atoms with E-state index in [1.54, 1.807) is 40.6 Å². The number of ether oxygens (including phenoxy) is 1. The summed E-state index contributed by atoms with van der Waals surface area (Å²) in [4.78, 5) is 39.9. The lowest BCUT2D eigenvalue weighted by molar-refractivity contribution is -0.146. The number of esters is 1. The highest BCUT2D eigenvalue weighted by molar-refractivity contribution is 8.00. The van der Waals surface area contributed by atoms with Gasteiger partial charge in [-0.25, -0.2) is 4.39 Å². The number of amides is 2. The predicted octanol–water partition coefficient (Wildman–Crippen LogP) is 2.68. The zero-order chi connectivity index (χ0) is 20.1. The molecule has 2 saturated heterocycles. The van der Waals surface area contributed by atoms with E-state index >= 15 is 0 Å². The lowest BCUT2D eigenvalue weighted by atomic mass is 10.0. The van der Waals surface area contributed by atoms with Crippen molar-refractivity contribution in [3.05, 3.63) is 35.6 Å². The van der Waals surface area contributed by atoms with E-state index in [9.17, 15) is 18.8 Å². The fourth-order valence-corrected chi connectivity index (χ4v) is 5.25. The van der Waals surface area contributed by atoms with Gasteiger partial charge in [-0.1, -0.05) is 12.1 Å². The Kier molecular flexibility index (Phi) is 6.59. The van der Waals surface area contributed by atoms with E-state index in [2.05, 4.69) is 0 Å². The van der Waals surface area contributed by atoms with E-state index < -0.39 is 10.7 Å². The molecule has 2 aliphatic rings. The number of nitrogens with zero attached hydrogens (tertiary/aromatic N) is 2. The number of rotatable bonds is 5. The van der Waals surface area contributed by atoms with Crippen LogP contribution in [-0.4, -0.2) is 64.4 Å². The molecule has 0 radical (unpaired) electrons. The Morgan fingerprint density at radius 1 is 1.14 bits per heavy atom. The second kappa shape index (κ2) is 8.94. The summed E-state index contributed by atoms with van der Waals surface area (Å²) >= 11 is 1.71. The molecule has 0 N–H and O–H groups in total. The number of carbonyl (C=O) groups excluding carboxylic acids is 3. The minimum Gasteiger partial charge on any atom is -0.466 e. The fourth-order valence-electron chi connectivity index (χ4n) is 3.80. The van der Waals surface area contributed by atoms with Gasteiger partial charge < -0.3 is 14.5 Å². The predicted molar refractivity (Wildman–Crippen MR) is 104 cm³/mol. The molecular weight excluding hydrogens is 383 g/mol. The highest BCUT2D eigenvalue weighted by Gasteiger charge is 2.47. The number of hydrogen-bond acceptors (Lipinski definition) is 5. The van der Waals surface area contributed by atoms with Crippen LogP contribution in [0.4, 0.5) is 4.39 Å². The van der Waals surface area contributed by atoms with Crippen molar-refractivity contribution in [3.63, 3.8) is 0 Å².